The molecular weight excluding hydrogens is 311 g/mol. The Morgan fingerprint density at radius 2 is 2.13 bits per heavy atom. The lowest BCUT2D eigenvalue weighted by atomic mass is 10.3. The van der Waals surface area contributed by atoms with E-state index in [0.717, 1.165) is 12.3 Å². The zero-order chi connectivity index (χ0) is 16.8. The number of ether oxygens (including phenoxy) is 1. The third-order valence-electron chi connectivity index (χ3n) is 2.74. The van der Waals surface area contributed by atoms with E-state index in [4.69, 9.17) is 10.3 Å². The fourth-order valence-corrected chi connectivity index (χ4v) is 1.52. The van der Waals surface area contributed by atoms with Gasteiger partial charge in [-0.15, -0.1) is 0 Å². The van der Waals surface area contributed by atoms with E-state index in [-0.39, 0.29) is 29.7 Å². The van der Waals surface area contributed by atoms with Crippen molar-refractivity contribution in [2.24, 2.45) is 5.11 Å². The maximum absolute atomic E-state index is 13.5. The van der Waals surface area contributed by atoms with Crippen LogP contribution in [0.1, 0.15) is 5.69 Å². The van der Waals surface area contributed by atoms with E-state index >= 15 is 0 Å². The molecule has 0 aliphatic carbocycles. The number of halogens is 3. The van der Waals surface area contributed by atoms with E-state index in [0.29, 0.717) is 0 Å². The van der Waals surface area contributed by atoms with Gasteiger partial charge in [-0.3, -0.25) is 0 Å². The zero-order valence-corrected chi connectivity index (χ0v) is 12.0. The summed E-state index contributed by atoms with van der Waals surface area (Å²) in [5.41, 5.74) is 7.10. The van der Waals surface area contributed by atoms with E-state index in [1.807, 2.05) is 0 Å². The van der Waals surface area contributed by atoms with Crippen molar-refractivity contribution in [1.29, 1.82) is 5.53 Å². The number of hydrogen-bond acceptors (Lipinski definition) is 6. The van der Waals surface area contributed by atoms with Gasteiger partial charge in [-0.2, -0.15) is 10.1 Å². The summed E-state index contributed by atoms with van der Waals surface area (Å²) >= 11 is 0. The van der Waals surface area contributed by atoms with E-state index in [1.54, 1.807) is 0 Å². The molecule has 0 bridgehead atoms. The quantitative estimate of drug-likeness (QED) is 0.796. The monoisotopic (exact) mass is 323 g/mol. The van der Waals surface area contributed by atoms with Crippen LogP contribution in [-0.2, 0) is 0 Å². The van der Waals surface area contributed by atoms with Gasteiger partial charge < -0.3 is 10.1 Å². The van der Waals surface area contributed by atoms with Crippen LogP contribution in [0.25, 0.3) is 0 Å². The first-order valence-corrected chi connectivity index (χ1v) is 6.40. The highest BCUT2D eigenvalue weighted by Gasteiger charge is 2.07. The van der Waals surface area contributed by atoms with Gasteiger partial charge in [-0.25, -0.2) is 23.7 Å². The topological polar surface area (TPSA) is 83.2 Å². The summed E-state index contributed by atoms with van der Waals surface area (Å²) in [6, 6.07) is 3.55. The number of aromatic nitrogens is 2. The fraction of sp³-hybridized carbons (Fsp3) is 0.143. The van der Waals surface area contributed by atoms with Crippen molar-refractivity contribution in [3.8, 4) is 6.01 Å². The molecule has 2 rings (SSSR count). The van der Waals surface area contributed by atoms with Gasteiger partial charge in [0.25, 0.3) is 0 Å². The average Bonchev–Trinajstić information content (AvgIpc) is 2.54. The molecule has 9 heteroatoms. The van der Waals surface area contributed by atoms with Crippen molar-refractivity contribution in [3.63, 3.8) is 0 Å². The van der Waals surface area contributed by atoms with Crippen LogP contribution in [0.2, 0.25) is 0 Å². The number of anilines is 1. The second-order valence-corrected chi connectivity index (χ2v) is 4.37. The van der Waals surface area contributed by atoms with Gasteiger partial charge in [0.2, 0.25) is 0 Å². The van der Waals surface area contributed by atoms with E-state index in [1.165, 1.54) is 25.3 Å². The SMILES string of the molecule is Cc1nc(OC/C(=C/Nc2cccc(F)c2F)N=N)ncc1F. The van der Waals surface area contributed by atoms with Crippen LogP contribution in [-0.4, -0.2) is 16.6 Å². The smallest absolute Gasteiger partial charge is 0.317 e. The van der Waals surface area contributed by atoms with Gasteiger partial charge in [-0.05, 0) is 19.1 Å². The molecule has 1 aromatic carbocycles. The molecule has 0 saturated heterocycles. The molecule has 0 aliphatic heterocycles. The van der Waals surface area contributed by atoms with E-state index in [9.17, 15) is 13.2 Å². The first-order chi connectivity index (χ1) is 11.0. The summed E-state index contributed by atoms with van der Waals surface area (Å²) in [5.74, 6) is -2.62. The lowest BCUT2D eigenvalue weighted by Crippen LogP contribution is -2.06. The highest BCUT2D eigenvalue weighted by atomic mass is 19.2. The van der Waals surface area contributed by atoms with Gasteiger partial charge in [0.15, 0.2) is 17.5 Å². The summed E-state index contributed by atoms with van der Waals surface area (Å²) < 4.78 is 44.7. The van der Waals surface area contributed by atoms with Gasteiger partial charge in [0.05, 0.1) is 17.6 Å². The first-order valence-electron chi connectivity index (χ1n) is 6.40. The van der Waals surface area contributed by atoms with Crippen molar-refractivity contribution < 1.29 is 17.9 Å². The summed E-state index contributed by atoms with van der Waals surface area (Å²) in [6.07, 6.45) is 2.14. The Morgan fingerprint density at radius 1 is 1.35 bits per heavy atom. The summed E-state index contributed by atoms with van der Waals surface area (Å²) in [7, 11) is 0. The summed E-state index contributed by atoms with van der Waals surface area (Å²) in [6.45, 7) is 1.24. The fourth-order valence-electron chi connectivity index (χ4n) is 1.52. The van der Waals surface area contributed by atoms with Crippen LogP contribution in [0.15, 0.2) is 41.4 Å². The van der Waals surface area contributed by atoms with Crippen molar-refractivity contribution >= 4 is 5.69 Å². The first kappa shape index (κ1) is 16.4. The third kappa shape index (κ3) is 4.25. The maximum Gasteiger partial charge on any atom is 0.317 e. The van der Waals surface area contributed by atoms with Gasteiger partial charge >= 0.3 is 6.01 Å². The molecule has 23 heavy (non-hydrogen) atoms. The molecule has 1 aromatic heterocycles. The predicted molar refractivity (Wildman–Crippen MR) is 75.4 cm³/mol. The summed E-state index contributed by atoms with van der Waals surface area (Å²) in [5, 5.41) is 5.68. The Bertz CT molecular complexity index is 751. The average molecular weight is 323 g/mol. The lowest BCUT2D eigenvalue weighted by Gasteiger charge is -2.06. The second kappa shape index (κ2) is 7.34. The Hall–Kier alpha value is -2.97. The predicted octanol–water partition coefficient (Wildman–Crippen LogP) is 3.57. The third-order valence-corrected chi connectivity index (χ3v) is 2.74. The minimum Gasteiger partial charge on any atom is -0.457 e. The normalized spacial score (nSPS) is 11.2. The molecule has 2 N–H and O–H groups in total. The van der Waals surface area contributed by atoms with Crippen LogP contribution in [0.3, 0.4) is 0 Å². The van der Waals surface area contributed by atoms with Crippen LogP contribution in [0.5, 0.6) is 6.01 Å². The van der Waals surface area contributed by atoms with Crippen LogP contribution >= 0.6 is 0 Å². The Kier molecular flexibility index (Phi) is 5.23. The number of nitrogens with one attached hydrogen (secondary N) is 2. The second-order valence-electron chi connectivity index (χ2n) is 4.37. The molecule has 2 aromatic rings. The Morgan fingerprint density at radius 3 is 2.83 bits per heavy atom. The molecule has 1 heterocycles. The molecule has 0 atom stereocenters. The van der Waals surface area contributed by atoms with Crippen LogP contribution in [0, 0.1) is 29.9 Å². The number of aryl methyl sites for hydroxylation is 1. The van der Waals surface area contributed by atoms with Gasteiger partial charge in [-0.1, -0.05) is 6.07 Å². The molecular formula is C14H12F3N5O. The number of nitrogens with zero attached hydrogens (tertiary/aromatic N) is 3. The van der Waals surface area contributed by atoms with Crippen molar-refractivity contribution in [3.05, 3.63) is 59.4 Å². The minimum atomic E-state index is -1.05. The maximum atomic E-state index is 13.5. The zero-order valence-electron chi connectivity index (χ0n) is 12.0. The molecule has 0 radical (unpaired) electrons. The molecule has 0 fully saturated rings. The standard InChI is InChI=1S/C14H12F3N5O/c1-8-11(16)6-20-14(21-8)23-7-9(22-18)5-19-12-4-2-3-10(15)13(12)17/h2-6,18-19H,7H2,1H3/b9-5-,22-18?. The Labute approximate surface area is 129 Å². The van der Waals surface area contributed by atoms with Crippen molar-refractivity contribution in [2.45, 2.75) is 6.92 Å². The Balaban J connectivity index is 2.03. The van der Waals surface area contributed by atoms with Crippen molar-refractivity contribution in [2.75, 3.05) is 11.9 Å². The number of rotatable bonds is 6. The summed E-state index contributed by atoms with van der Waals surface area (Å²) in [4.78, 5) is 7.38. The number of benzene rings is 1. The molecule has 0 amide bonds. The largest absolute Gasteiger partial charge is 0.457 e. The lowest BCUT2D eigenvalue weighted by molar-refractivity contribution is 0.317. The van der Waals surface area contributed by atoms with Crippen LogP contribution < -0.4 is 10.1 Å². The molecule has 0 unspecified atom stereocenters. The van der Waals surface area contributed by atoms with Gasteiger partial charge in [0, 0.05) is 6.20 Å². The van der Waals surface area contributed by atoms with E-state index < -0.39 is 17.5 Å². The highest BCUT2D eigenvalue weighted by Crippen LogP contribution is 2.17. The van der Waals surface area contributed by atoms with E-state index in [2.05, 4.69) is 20.4 Å². The molecule has 0 saturated carbocycles. The van der Waals surface area contributed by atoms with Crippen molar-refractivity contribution in [1.82, 2.24) is 9.97 Å². The molecule has 0 aliphatic rings. The molecule has 120 valence electrons. The molecule has 6 nitrogen and oxygen atoms in total. The van der Waals surface area contributed by atoms with Crippen LogP contribution in [0.4, 0.5) is 18.9 Å². The highest BCUT2D eigenvalue weighted by molar-refractivity contribution is 5.47. The minimum absolute atomic E-state index is 0.0687. The molecule has 0 spiro atoms. The van der Waals surface area contributed by atoms with Gasteiger partial charge in [0.1, 0.15) is 12.3 Å². The number of hydrogen-bond donors (Lipinski definition) is 2.